The fraction of sp³-hybridized carbons (Fsp3) is 0.640. The molecule has 4 fully saturated rings. The van der Waals surface area contributed by atoms with Crippen molar-refractivity contribution in [1.29, 1.82) is 0 Å². The molecule has 2 aromatic rings. The average molecular weight is 440 g/mol. The number of carbonyl (C=O) groups is 1. The highest BCUT2D eigenvalue weighted by Crippen LogP contribution is 2.60. The molecule has 7 nitrogen and oxygen atoms in total. The molecule has 4 bridgehead atoms. The summed E-state index contributed by atoms with van der Waals surface area (Å²) in [4.78, 5) is 20.4. The molecule has 1 aromatic carbocycles. The SMILES string of the molecule is COc1ccc(-c2noc(CN(C(=O)C34CC5CC(CC(C5)C3)C4)C(C)C)n2)cc1OC. The first-order valence-corrected chi connectivity index (χ1v) is 11.8. The Hall–Kier alpha value is -2.57. The van der Waals surface area contributed by atoms with Gasteiger partial charge < -0.3 is 18.9 Å². The van der Waals surface area contributed by atoms with E-state index in [0.29, 0.717) is 29.8 Å². The third-order valence-electron chi connectivity index (χ3n) is 7.79. The molecular weight excluding hydrogens is 406 g/mol. The normalized spacial score (nSPS) is 28.2. The summed E-state index contributed by atoms with van der Waals surface area (Å²) >= 11 is 0. The summed E-state index contributed by atoms with van der Waals surface area (Å²) in [6.07, 6.45) is 7.15. The molecule has 6 rings (SSSR count). The summed E-state index contributed by atoms with van der Waals surface area (Å²) < 4.78 is 16.3. The van der Waals surface area contributed by atoms with Crippen LogP contribution in [-0.4, -0.2) is 41.2 Å². The van der Waals surface area contributed by atoms with Gasteiger partial charge in [0.25, 0.3) is 0 Å². The summed E-state index contributed by atoms with van der Waals surface area (Å²) in [5.41, 5.74) is 0.603. The van der Waals surface area contributed by atoms with Crippen molar-refractivity contribution in [3.63, 3.8) is 0 Å². The van der Waals surface area contributed by atoms with Crippen LogP contribution in [0.15, 0.2) is 22.7 Å². The second-order valence-corrected chi connectivity index (χ2v) is 10.3. The van der Waals surface area contributed by atoms with Crippen LogP contribution in [-0.2, 0) is 11.3 Å². The molecule has 4 aliphatic rings. The summed E-state index contributed by atoms with van der Waals surface area (Å²) in [6, 6.07) is 5.60. The van der Waals surface area contributed by atoms with E-state index in [1.807, 2.05) is 23.1 Å². The largest absolute Gasteiger partial charge is 0.493 e. The quantitative estimate of drug-likeness (QED) is 0.622. The zero-order chi connectivity index (χ0) is 22.5. The van der Waals surface area contributed by atoms with E-state index >= 15 is 0 Å². The summed E-state index contributed by atoms with van der Waals surface area (Å²) in [5, 5.41) is 4.16. The predicted molar refractivity (Wildman–Crippen MR) is 119 cm³/mol. The molecule has 0 atom stereocenters. The van der Waals surface area contributed by atoms with Gasteiger partial charge in [-0.25, -0.2) is 0 Å². The molecule has 0 unspecified atom stereocenters. The maximum atomic E-state index is 13.9. The van der Waals surface area contributed by atoms with Gasteiger partial charge >= 0.3 is 0 Å². The Balaban J connectivity index is 1.36. The number of hydrogen-bond donors (Lipinski definition) is 0. The van der Waals surface area contributed by atoms with Gasteiger partial charge in [-0.1, -0.05) is 5.16 Å². The topological polar surface area (TPSA) is 77.7 Å². The highest BCUT2D eigenvalue weighted by molar-refractivity contribution is 5.83. The summed E-state index contributed by atoms with van der Waals surface area (Å²) in [7, 11) is 3.20. The Morgan fingerprint density at radius 2 is 1.72 bits per heavy atom. The van der Waals surface area contributed by atoms with Gasteiger partial charge in [0.05, 0.1) is 19.6 Å². The molecule has 32 heavy (non-hydrogen) atoms. The van der Waals surface area contributed by atoms with Gasteiger partial charge in [-0.2, -0.15) is 4.98 Å². The molecule has 0 aliphatic heterocycles. The van der Waals surface area contributed by atoms with Crippen molar-refractivity contribution in [3.05, 3.63) is 24.1 Å². The van der Waals surface area contributed by atoms with Gasteiger partial charge in [0.1, 0.15) is 6.54 Å². The molecule has 1 amide bonds. The van der Waals surface area contributed by atoms with E-state index < -0.39 is 0 Å². The monoisotopic (exact) mass is 439 g/mol. The van der Waals surface area contributed by atoms with E-state index in [1.54, 1.807) is 14.2 Å². The van der Waals surface area contributed by atoms with Gasteiger partial charge in [0.15, 0.2) is 11.5 Å². The van der Waals surface area contributed by atoms with Crippen molar-refractivity contribution >= 4 is 5.91 Å². The van der Waals surface area contributed by atoms with Gasteiger partial charge in [-0.3, -0.25) is 4.79 Å². The number of carbonyl (C=O) groups excluding carboxylic acids is 1. The minimum Gasteiger partial charge on any atom is -0.493 e. The zero-order valence-corrected chi connectivity index (χ0v) is 19.5. The maximum absolute atomic E-state index is 13.9. The lowest BCUT2D eigenvalue weighted by atomic mass is 9.49. The number of amides is 1. The number of nitrogens with zero attached hydrogens (tertiary/aromatic N) is 3. The van der Waals surface area contributed by atoms with E-state index in [0.717, 1.165) is 42.6 Å². The molecule has 0 spiro atoms. The second kappa shape index (κ2) is 8.09. The molecule has 4 saturated carbocycles. The molecule has 7 heteroatoms. The van der Waals surface area contributed by atoms with Crippen molar-refractivity contribution in [1.82, 2.24) is 15.0 Å². The lowest BCUT2D eigenvalue weighted by Crippen LogP contribution is -2.55. The average Bonchev–Trinajstić information content (AvgIpc) is 3.24. The number of rotatable bonds is 7. The molecule has 4 aliphatic carbocycles. The van der Waals surface area contributed by atoms with Crippen LogP contribution in [0, 0.1) is 23.2 Å². The molecule has 0 N–H and O–H groups in total. The standard InChI is InChI=1S/C25H33N3O4/c1-15(2)28(24(29)25-11-16-7-17(12-25)9-18(8-16)13-25)14-22-26-23(27-32-22)19-5-6-20(30-3)21(10-19)31-4/h5-6,10,15-18H,7-9,11-14H2,1-4H3. The van der Waals surface area contributed by atoms with E-state index in [4.69, 9.17) is 14.0 Å². The third-order valence-corrected chi connectivity index (χ3v) is 7.79. The minimum absolute atomic E-state index is 0.0759. The first kappa shape index (κ1) is 21.3. The molecule has 172 valence electrons. The van der Waals surface area contributed by atoms with E-state index in [1.165, 1.54) is 19.3 Å². The molecule has 1 heterocycles. The minimum atomic E-state index is -0.175. The second-order valence-electron chi connectivity index (χ2n) is 10.3. The van der Waals surface area contributed by atoms with Crippen LogP contribution in [0.4, 0.5) is 0 Å². The van der Waals surface area contributed by atoms with Gasteiger partial charge in [0.2, 0.25) is 17.6 Å². The molecule has 1 aromatic heterocycles. The van der Waals surface area contributed by atoms with Gasteiger partial charge in [-0.15, -0.1) is 0 Å². The first-order valence-electron chi connectivity index (χ1n) is 11.8. The Bertz CT molecular complexity index is 964. The fourth-order valence-electron chi connectivity index (χ4n) is 6.72. The Kier molecular flexibility index (Phi) is 5.38. The van der Waals surface area contributed by atoms with E-state index in [9.17, 15) is 4.79 Å². The highest BCUT2D eigenvalue weighted by atomic mass is 16.5. The summed E-state index contributed by atoms with van der Waals surface area (Å²) in [5.74, 6) is 4.69. The van der Waals surface area contributed by atoms with Crippen LogP contribution in [0.25, 0.3) is 11.4 Å². The smallest absolute Gasteiger partial charge is 0.246 e. The van der Waals surface area contributed by atoms with Gasteiger partial charge in [-0.05, 0) is 88.3 Å². The third kappa shape index (κ3) is 3.65. The Morgan fingerprint density at radius 1 is 1.09 bits per heavy atom. The maximum Gasteiger partial charge on any atom is 0.246 e. The number of aromatic nitrogens is 2. The highest BCUT2D eigenvalue weighted by Gasteiger charge is 2.55. The van der Waals surface area contributed by atoms with Crippen LogP contribution in [0.2, 0.25) is 0 Å². The number of benzene rings is 1. The molecule has 0 radical (unpaired) electrons. The van der Waals surface area contributed by atoms with Crippen molar-refractivity contribution in [3.8, 4) is 22.9 Å². The number of ether oxygens (including phenoxy) is 2. The van der Waals surface area contributed by atoms with Crippen LogP contribution < -0.4 is 9.47 Å². The van der Waals surface area contributed by atoms with Crippen LogP contribution in [0.1, 0.15) is 58.3 Å². The van der Waals surface area contributed by atoms with Crippen molar-refractivity contribution in [2.45, 2.75) is 65.0 Å². The predicted octanol–water partition coefficient (Wildman–Crippen LogP) is 4.71. The fourth-order valence-corrected chi connectivity index (χ4v) is 6.72. The van der Waals surface area contributed by atoms with Gasteiger partial charge in [0, 0.05) is 11.6 Å². The Morgan fingerprint density at radius 3 is 2.28 bits per heavy atom. The first-order chi connectivity index (χ1) is 15.4. The zero-order valence-electron chi connectivity index (χ0n) is 19.5. The van der Waals surface area contributed by atoms with E-state index in [-0.39, 0.29) is 17.4 Å². The van der Waals surface area contributed by atoms with Crippen LogP contribution in [0.3, 0.4) is 0 Å². The van der Waals surface area contributed by atoms with Crippen LogP contribution in [0.5, 0.6) is 11.5 Å². The van der Waals surface area contributed by atoms with Crippen molar-refractivity contribution in [2.75, 3.05) is 14.2 Å². The van der Waals surface area contributed by atoms with Crippen molar-refractivity contribution < 1.29 is 18.8 Å². The Labute approximate surface area is 189 Å². The molecular formula is C25H33N3O4. The lowest BCUT2D eigenvalue weighted by molar-refractivity contribution is -0.160. The van der Waals surface area contributed by atoms with Crippen LogP contribution >= 0.6 is 0 Å². The van der Waals surface area contributed by atoms with E-state index in [2.05, 4.69) is 24.0 Å². The number of methoxy groups -OCH3 is 2. The van der Waals surface area contributed by atoms with Crippen molar-refractivity contribution in [2.24, 2.45) is 23.2 Å². The lowest BCUT2D eigenvalue weighted by Gasteiger charge is -2.56. The summed E-state index contributed by atoms with van der Waals surface area (Å²) in [6.45, 7) is 4.49. The number of hydrogen-bond acceptors (Lipinski definition) is 6. The molecule has 0 saturated heterocycles.